The minimum Gasteiger partial charge on any atom is -0.507 e. The van der Waals surface area contributed by atoms with Crippen molar-refractivity contribution in [2.24, 2.45) is 0 Å². The van der Waals surface area contributed by atoms with Crippen LogP contribution in [-0.2, 0) is 11.2 Å². The van der Waals surface area contributed by atoms with Crippen LogP contribution in [0, 0.1) is 0 Å². The van der Waals surface area contributed by atoms with Crippen molar-refractivity contribution in [3.63, 3.8) is 0 Å². The van der Waals surface area contributed by atoms with Gasteiger partial charge in [-0.3, -0.25) is 0 Å². The SMILES string of the molecule is CCOC(=O)c1cccc(Cc2ccccc2)c1O. The largest absolute Gasteiger partial charge is 0.507 e. The summed E-state index contributed by atoms with van der Waals surface area (Å²) in [5, 5.41) is 10.1. The summed E-state index contributed by atoms with van der Waals surface area (Å²) in [5.74, 6) is -0.486. The molecule has 2 rings (SSSR count). The van der Waals surface area contributed by atoms with E-state index in [4.69, 9.17) is 4.74 Å². The van der Waals surface area contributed by atoms with Crippen LogP contribution >= 0.6 is 0 Å². The Bertz CT molecular complexity index is 561. The smallest absolute Gasteiger partial charge is 0.341 e. The van der Waals surface area contributed by atoms with Crippen molar-refractivity contribution in [2.75, 3.05) is 6.61 Å². The van der Waals surface area contributed by atoms with Gasteiger partial charge in [-0.2, -0.15) is 0 Å². The molecule has 0 spiro atoms. The highest BCUT2D eigenvalue weighted by atomic mass is 16.5. The number of carbonyl (C=O) groups excluding carboxylic acids is 1. The first-order valence-corrected chi connectivity index (χ1v) is 6.24. The van der Waals surface area contributed by atoms with E-state index in [1.54, 1.807) is 19.1 Å². The normalized spacial score (nSPS) is 10.2. The van der Waals surface area contributed by atoms with Crippen molar-refractivity contribution in [3.8, 4) is 5.75 Å². The minimum atomic E-state index is -0.491. The maximum Gasteiger partial charge on any atom is 0.341 e. The molecule has 0 saturated heterocycles. The van der Waals surface area contributed by atoms with E-state index in [2.05, 4.69) is 0 Å². The Morgan fingerprint density at radius 2 is 1.84 bits per heavy atom. The predicted octanol–water partition coefficient (Wildman–Crippen LogP) is 3.16. The molecule has 0 atom stereocenters. The zero-order chi connectivity index (χ0) is 13.7. The van der Waals surface area contributed by atoms with Crippen LogP contribution in [0.5, 0.6) is 5.75 Å². The fourth-order valence-corrected chi connectivity index (χ4v) is 1.92. The van der Waals surface area contributed by atoms with E-state index in [1.165, 1.54) is 0 Å². The van der Waals surface area contributed by atoms with E-state index < -0.39 is 5.97 Å². The van der Waals surface area contributed by atoms with Gasteiger partial charge in [0, 0.05) is 6.42 Å². The summed E-state index contributed by atoms with van der Waals surface area (Å²) in [6, 6.07) is 14.9. The maximum atomic E-state index is 11.7. The topological polar surface area (TPSA) is 46.5 Å². The van der Waals surface area contributed by atoms with Crippen LogP contribution in [0.4, 0.5) is 0 Å². The molecule has 0 amide bonds. The van der Waals surface area contributed by atoms with Gasteiger partial charge in [-0.1, -0.05) is 42.5 Å². The fourth-order valence-electron chi connectivity index (χ4n) is 1.92. The number of benzene rings is 2. The highest BCUT2D eigenvalue weighted by Crippen LogP contribution is 2.25. The molecule has 1 N–H and O–H groups in total. The molecule has 0 radical (unpaired) electrons. The van der Waals surface area contributed by atoms with E-state index in [-0.39, 0.29) is 11.3 Å². The third kappa shape index (κ3) is 3.13. The molecule has 3 heteroatoms. The van der Waals surface area contributed by atoms with Gasteiger partial charge < -0.3 is 9.84 Å². The maximum absolute atomic E-state index is 11.7. The number of rotatable bonds is 4. The molecule has 19 heavy (non-hydrogen) atoms. The van der Waals surface area contributed by atoms with Crippen LogP contribution in [-0.4, -0.2) is 17.7 Å². The lowest BCUT2D eigenvalue weighted by atomic mass is 10.0. The van der Waals surface area contributed by atoms with Gasteiger partial charge in [-0.05, 0) is 24.1 Å². The van der Waals surface area contributed by atoms with Crippen molar-refractivity contribution < 1.29 is 14.6 Å². The van der Waals surface area contributed by atoms with Gasteiger partial charge >= 0.3 is 5.97 Å². The number of para-hydroxylation sites is 1. The van der Waals surface area contributed by atoms with Crippen molar-refractivity contribution in [1.82, 2.24) is 0 Å². The van der Waals surface area contributed by atoms with Crippen molar-refractivity contribution in [1.29, 1.82) is 0 Å². The monoisotopic (exact) mass is 256 g/mol. The summed E-state index contributed by atoms with van der Waals surface area (Å²) in [7, 11) is 0. The molecule has 0 aliphatic carbocycles. The minimum absolute atomic E-state index is 0.00445. The molecular formula is C16H16O3. The second-order valence-electron chi connectivity index (χ2n) is 4.20. The molecule has 0 saturated carbocycles. The quantitative estimate of drug-likeness (QED) is 0.855. The Morgan fingerprint density at radius 1 is 1.11 bits per heavy atom. The lowest BCUT2D eigenvalue weighted by molar-refractivity contribution is 0.0523. The standard InChI is InChI=1S/C16H16O3/c1-2-19-16(18)14-10-6-9-13(15(14)17)11-12-7-4-3-5-8-12/h3-10,17H,2,11H2,1H3. The number of hydrogen-bond acceptors (Lipinski definition) is 3. The molecule has 0 unspecified atom stereocenters. The highest BCUT2D eigenvalue weighted by molar-refractivity contribution is 5.92. The molecular weight excluding hydrogens is 240 g/mol. The summed E-state index contributed by atoms with van der Waals surface area (Å²) >= 11 is 0. The molecule has 3 nitrogen and oxygen atoms in total. The number of aromatic hydroxyl groups is 1. The van der Waals surface area contributed by atoms with E-state index >= 15 is 0 Å². The Kier molecular flexibility index (Phi) is 4.18. The zero-order valence-corrected chi connectivity index (χ0v) is 10.8. The second kappa shape index (κ2) is 6.05. The van der Waals surface area contributed by atoms with Gasteiger partial charge in [-0.15, -0.1) is 0 Å². The third-order valence-corrected chi connectivity index (χ3v) is 2.85. The number of phenolic OH excluding ortho intramolecular Hbond substituents is 1. The van der Waals surface area contributed by atoms with Crippen LogP contribution in [0.1, 0.15) is 28.4 Å². The van der Waals surface area contributed by atoms with Gasteiger partial charge in [-0.25, -0.2) is 4.79 Å². The van der Waals surface area contributed by atoms with E-state index in [9.17, 15) is 9.90 Å². The van der Waals surface area contributed by atoms with Crippen LogP contribution in [0.2, 0.25) is 0 Å². The van der Waals surface area contributed by atoms with Gasteiger partial charge in [0.2, 0.25) is 0 Å². The number of hydrogen-bond donors (Lipinski definition) is 1. The molecule has 98 valence electrons. The average molecular weight is 256 g/mol. The summed E-state index contributed by atoms with van der Waals surface area (Å²) < 4.78 is 4.92. The number of phenols is 1. The van der Waals surface area contributed by atoms with Gasteiger partial charge in [0.15, 0.2) is 0 Å². The highest BCUT2D eigenvalue weighted by Gasteiger charge is 2.15. The van der Waals surface area contributed by atoms with E-state index in [0.29, 0.717) is 13.0 Å². The molecule has 0 bridgehead atoms. The van der Waals surface area contributed by atoms with Crippen molar-refractivity contribution >= 4 is 5.97 Å². The third-order valence-electron chi connectivity index (χ3n) is 2.85. The van der Waals surface area contributed by atoms with Crippen LogP contribution in [0.15, 0.2) is 48.5 Å². The lowest BCUT2D eigenvalue weighted by Gasteiger charge is -2.09. The van der Waals surface area contributed by atoms with Gasteiger partial charge in [0.1, 0.15) is 11.3 Å². The average Bonchev–Trinajstić information content (AvgIpc) is 2.42. The summed E-state index contributed by atoms with van der Waals surface area (Å²) in [4.78, 5) is 11.7. The first-order chi connectivity index (χ1) is 9.22. The summed E-state index contributed by atoms with van der Waals surface area (Å²) in [5.41, 5.74) is 2.02. The molecule has 0 heterocycles. The van der Waals surface area contributed by atoms with E-state index in [1.807, 2.05) is 36.4 Å². The van der Waals surface area contributed by atoms with Crippen LogP contribution in [0.25, 0.3) is 0 Å². The fraction of sp³-hybridized carbons (Fsp3) is 0.188. The molecule has 0 aliphatic heterocycles. The van der Waals surface area contributed by atoms with Crippen molar-refractivity contribution in [3.05, 3.63) is 65.2 Å². The number of esters is 1. The van der Waals surface area contributed by atoms with Crippen LogP contribution < -0.4 is 0 Å². The number of ether oxygens (including phenoxy) is 1. The Balaban J connectivity index is 2.27. The molecule has 0 aromatic heterocycles. The number of carbonyl (C=O) groups is 1. The van der Waals surface area contributed by atoms with Gasteiger partial charge in [0.25, 0.3) is 0 Å². The molecule has 2 aromatic carbocycles. The Hall–Kier alpha value is -2.29. The first kappa shape index (κ1) is 13.1. The summed E-state index contributed by atoms with van der Waals surface area (Å²) in [6.07, 6.45) is 0.583. The second-order valence-corrected chi connectivity index (χ2v) is 4.20. The van der Waals surface area contributed by atoms with Crippen molar-refractivity contribution in [2.45, 2.75) is 13.3 Å². The predicted molar refractivity (Wildman–Crippen MR) is 73.3 cm³/mol. The van der Waals surface area contributed by atoms with E-state index in [0.717, 1.165) is 11.1 Å². The molecule has 2 aromatic rings. The molecule has 0 aliphatic rings. The Labute approximate surface area is 112 Å². The van der Waals surface area contributed by atoms with Gasteiger partial charge in [0.05, 0.1) is 6.61 Å². The summed E-state index contributed by atoms with van der Waals surface area (Å²) in [6.45, 7) is 2.03. The first-order valence-electron chi connectivity index (χ1n) is 6.24. The zero-order valence-electron chi connectivity index (χ0n) is 10.8. The van der Waals surface area contributed by atoms with Crippen LogP contribution in [0.3, 0.4) is 0 Å². The lowest BCUT2D eigenvalue weighted by Crippen LogP contribution is -2.06. The Morgan fingerprint density at radius 3 is 2.53 bits per heavy atom. The molecule has 0 fully saturated rings.